The Hall–Kier alpha value is -1.59. The molecule has 0 saturated carbocycles. The second kappa shape index (κ2) is 6.54. The van der Waals surface area contributed by atoms with Crippen LogP contribution in [0.2, 0.25) is 0 Å². The molecular weight excluding hydrogens is 426 g/mol. The third-order valence-electron chi connectivity index (χ3n) is 2.15. The van der Waals surface area contributed by atoms with Gasteiger partial charge in [0.05, 0.1) is 0 Å². The van der Waals surface area contributed by atoms with Gasteiger partial charge in [-0.05, 0) is 0 Å². The van der Waals surface area contributed by atoms with Crippen molar-refractivity contribution in [2.75, 3.05) is 0 Å². The Kier molecular flexibility index (Phi) is 6.14. The summed E-state index contributed by atoms with van der Waals surface area (Å²) in [4.78, 5) is 9.82. The van der Waals surface area contributed by atoms with E-state index in [9.17, 15) is 66.3 Å². The van der Waals surface area contributed by atoms with Crippen LogP contribution in [-0.4, -0.2) is 53.8 Å². The molecule has 0 spiro atoms. The number of alkyl halides is 14. The second-order valence-corrected chi connectivity index (χ2v) is 4.08. The van der Waals surface area contributed by atoms with Gasteiger partial charge in [0, 0.05) is 0 Å². The molecule has 0 saturated heterocycles. The zero-order valence-corrected chi connectivity index (χ0v) is 11.0. The van der Waals surface area contributed by atoms with E-state index < -0.39 is 48.7 Å². The summed E-state index contributed by atoms with van der Waals surface area (Å²) in [7, 11) is 0. The van der Waals surface area contributed by atoms with Gasteiger partial charge in [0.15, 0.2) is 0 Å². The standard InChI is InChI=1S/C8H2F14O4/c9-1(4(12,13)14)25-8(21,22)5(15,6(16,17)18)26-7(19,20)3(10,11)2(23)24/h1H,(H,23,24). The lowest BCUT2D eigenvalue weighted by atomic mass is 10.2. The van der Waals surface area contributed by atoms with Gasteiger partial charge < -0.3 is 5.11 Å². The van der Waals surface area contributed by atoms with Gasteiger partial charge >= 0.3 is 42.3 Å². The van der Waals surface area contributed by atoms with Crippen LogP contribution >= 0.6 is 0 Å². The fourth-order valence-electron chi connectivity index (χ4n) is 0.920. The largest absolute Gasteiger partial charge is 0.477 e. The highest BCUT2D eigenvalue weighted by molar-refractivity contribution is 5.76. The minimum Gasteiger partial charge on any atom is -0.477 e. The van der Waals surface area contributed by atoms with Crippen LogP contribution in [-0.2, 0) is 14.3 Å². The summed E-state index contributed by atoms with van der Waals surface area (Å²) in [6, 6.07) is 0. The summed E-state index contributed by atoms with van der Waals surface area (Å²) in [6.45, 7) is 0. The molecule has 0 aromatic rings. The van der Waals surface area contributed by atoms with Crippen LogP contribution in [0, 0.1) is 0 Å². The molecule has 2 unspecified atom stereocenters. The molecule has 26 heavy (non-hydrogen) atoms. The van der Waals surface area contributed by atoms with E-state index in [-0.39, 0.29) is 0 Å². The first kappa shape index (κ1) is 24.4. The fourth-order valence-corrected chi connectivity index (χ4v) is 0.920. The van der Waals surface area contributed by atoms with Gasteiger partial charge in [-0.1, -0.05) is 0 Å². The molecule has 0 bridgehead atoms. The summed E-state index contributed by atoms with van der Waals surface area (Å²) in [5.41, 5.74) is 0. The monoisotopic (exact) mass is 428 g/mol. The number of carboxylic acid groups (broad SMARTS) is 1. The normalized spacial score (nSPS) is 18.4. The molecule has 18 heteroatoms. The zero-order valence-electron chi connectivity index (χ0n) is 11.0. The Balaban J connectivity index is 6.13. The Morgan fingerprint density at radius 1 is 0.769 bits per heavy atom. The minimum atomic E-state index is -7.54. The maximum atomic E-state index is 13.4. The van der Waals surface area contributed by atoms with E-state index in [0.29, 0.717) is 0 Å². The van der Waals surface area contributed by atoms with E-state index in [2.05, 4.69) is 0 Å². The fraction of sp³-hybridized carbons (Fsp3) is 0.875. The summed E-state index contributed by atoms with van der Waals surface area (Å²) in [6.07, 6.45) is -34.0. The van der Waals surface area contributed by atoms with Crippen molar-refractivity contribution in [2.24, 2.45) is 0 Å². The SMILES string of the molecule is O=C(O)C(F)(F)C(F)(F)OC(F)(C(F)(F)F)C(F)(F)OC(F)C(F)(F)F. The Bertz CT molecular complexity index is 524. The number of carbonyl (C=O) groups is 1. The third kappa shape index (κ3) is 4.38. The topological polar surface area (TPSA) is 55.8 Å². The molecular formula is C8H2F14O4. The molecule has 0 fully saturated rings. The van der Waals surface area contributed by atoms with E-state index in [0.717, 1.165) is 0 Å². The lowest BCUT2D eigenvalue weighted by Gasteiger charge is -2.37. The first-order valence-corrected chi connectivity index (χ1v) is 5.24. The van der Waals surface area contributed by atoms with Gasteiger partial charge in [-0.2, -0.15) is 57.1 Å². The molecule has 1 N–H and O–H groups in total. The van der Waals surface area contributed by atoms with Gasteiger partial charge in [-0.25, -0.2) is 9.18 Å². The number of hydrogen-bond donors (Lipinski definition) is 1. The Morgan fingerprint density at radius 2 is 1.15 bits per heavy atom. The Morgan fingerprint density at radius 3 is 1.42 bits per heavy atom. The molecule has 2 atom stereocenters. The minimum absolute atomic E-state index is 1.53. The highest BCUT2D eigenvalue weighted by Gasteiger charge is 2.81. The van der Waals surface area contributed by atoms with E-state index in [4.69, 9.17) is 5.11 Å². The van der Waals surface area contributed by atoms with Crippen LogP contribution < -0.4 is 0 Å². The number of rotatable bonds is 7. The quantitative estimate of drug-likeness (QED) is 0.623. The predicted octanol–water partition coefficient (Wildman–Crippen LogP) is 4.01. The molecule has 0 aliphatic rings. The molecule has 0 amide bonds. The van der Waals surface area contributed by atoms with E-state index in [1.165, 1.54) is 4.74 Å². The first-order valence-electron chi connectivity index (χ1n) is 5.24. The summed E-state index contributed by atoms with van der Waals surface area (Å²) in [5, 5.41) is 7.69. The van der Waals surface area contributed by atoms with Crippen LogP contribution in [0.1, 0.15) is 0 Å². The molecule has 0 heterocycles. The molecule has 0 rings (SSSR count). The lowest BCUT2D eigenvalue weighted by molar-refractivity contribution is -0.528. The molecule has 4 nitrogen and oxygen atoms in total. The van der Waals surface area contributed by atoms with Crippen molar-refractivity contribution >= 4 is 5.97 Å². The highest BCUT2D eigenvalue weighted by Crippen LogP contribution is 2.52. The first-order chi connectivity index (χ1) is 11.0. The molecule has 0 radical (unpaired) electrons. The molecule has 0 aromatic carbocycles. The van der Waals surface area contributed by atoms with Crippen molar-refractivity contribution < 1.29 is 80.8 Å². The molecule has 0 aliphatic heterocycles. The van der Waals surface area contributed by atoms with Crippen LogP contribution in [0.5, 0.6) is 0 Å². The summed E-state index contributed by atoms with van der Waals surface area (Å²) < 4.78 is 177. The summed E-state index contributed by atoms with van der Waals surface area (Å²) >= 11 is 0. The van der Waals surface area contributed by atoms with Crippen molar-refractivity contribution in [1.82, 2.24) is 0 Å². The average Bonchev–Trinajstić information content (AvgIpc) is 2.34. The summed E-state index contributed by atoms with van der Waals surface area (Å²) in [5.74, 6) is -18.3. The maximum absolute atomic E-state index is 13.4. The van der Waals surface area contributed by atoms with Gasteiger partial charge in [-0.3, -0.25) is 9.47 Å². The smallest absolute Gasteiger partial charge is 0.458 e. The predicted molar refractivity (Wildman–Crippen MR) is 45.5 cm³/mol. The average molecular weight is 428 g/mol. The maximum Gasteiger partial charge on any atom is 0.458 e. The number of halogens is 14. The second-order valence-electron chi connectivity index (χ2n) is 4.08. The van der Waals surface area contributed by atoms with Gasteiger partial charge in [0.25, 0.3) is 6.36 Å². The van der Waals surface area contributed by atoms with Gasteiger partial charge in [0.2, 0.25) is 0 Å². The highest BCUT2D eigenvalue weighted by atomic mass is 19.4. The van der Waals surface area contributed by atoms with E-state index >= 15 is 0 Å². The van der Waals surface area contributed by atoms with Crippen molar-refractivity contribution in [1.29, 1.82) is 0 Å². The van der Waals surface area contributed by atoms with Crippen LogP contribution in [0.3, 0.4) is 0 Å². The number of carboxylic acids is 1. The van der Waals surface area contributed by atoms with E-state index in [1.807, 2.05) is 0 Å². The van der Waals surface area contributed by atoms with E-state index in [1.54, 1.807) is 4.74 Å². The van der Waals surface area contributed by atoms with Crippen LogP contribution in [0.15, 0.2) is 0 Å². The lowest BCUT2D eigenvalue weighted by Crippen LogP contribution is -2.65. The molecule has 0 aliphatic carbocycles. The molecule has 156 valence electrons. The van der Waals surface area contributed by atoms with Gasteiger partial charge in [-0.15, -0.1) is 0 Å². The van der Waals surface area contributed by atoms with Gasteiger partial charge in [0.1, 0.15) is 0 Å². The number of ether oxygens (including phenoxy) is 2. The zero-order chi connectivity index (χ0) is 21.6. The van der Waals surface area contributed by atoms with Crippen LogP contribution in [0.25, 0.3) is 0 Å². The van der Waals surface area contributed by atoms with Crippen molar-refractivity contribution in [3.05, 3.63) is 0 Å². The van der Waals surface area contributed by atoms with Crippen molar-refractivity contribution in [2.45, 2.75) is 42.7 Å². The third-order valence-corrected chi connectivity index (χ3v) is 2.15. The van der Waals surface area contributed by atoms with Crippen molar-refractivity contribution in [3.8, 4) is 0 Å². The Labute approximate surface area is 131 Å². The molecule has 0 aromatic heterocycles. The number of aliphatic carboxylic acids is 1. The van der Waals surface area contributed by atoms with Crippen LogP contribution in [0.4, 0.5) is 61.5 Å². The van der Waals surface area contributed by atoms with Crippen molar-refractivity contribution in [3.63, 3.8) is 0 Å². The number of hydrogen-bond acceptors (Lipinski definition) is 3.